The molecule has 1 aliphatic rings. The first kappa shape index (κ1) is 10.3. The summed E-state index contributed by atoms with van der Waals surface area (Å²) in [6.45, 7) is 3.30. The summed E-state index contributed by atoms with van der Waals surface area (Å²) in [6.07, 6.45) is 0. The molecular formula is C10H12BrN3O. The molecule has 2 amide bonds. The van der Waals surface area contributed by atoms with Gasteiger partial charge in [0.05, 0.1) is 5.69 Å². The van der Waals surface area contributed by atoms with Crippen molar-refractivity contribution in [1.82, 2.24) is 5.32 Å². The number of hydrogen-bond donors (Lipinski definition) is 2. The maximum absolute atomic E-state index is 11.5. The highest BCUT2D eigenvalue weighted by molar-refractivity contribution is 9.10. The molecule has 0 saturated carbocycles. The van der Waals surface area contributed by atoms with Crippen LogP contribution in [-0.4, -0.2) is 19.1 Å². The van der Waals surface area contributed by atoms with Crippen LogP contribution < -0.4 is 16.0 Å². The number of nitrogens with two attached hydrogens (primary N) is 1. The van der Waals surface area contributed by atoms with E-state index in [0.29, 0.717) is 18.8 Å². The number of carbonyl (C=O) groups is 1. The molecule has 0 bridgehead atoms. The van der Waals surface area contributed by atoms with E-state index >= 15 is 0 Å². The number of nitrogens with zero attached hydrogens (tertiary/aromatic N) is 1. The molecule has 1 aliphatic heterocycles. The SMILES string of the molecule is Cc1cc(Br)c(N2CCNC2=O)cc1N. The molecule has 1 aromatic rings. The minimum atomic E-state index is -0.0704. The zero-order valence-corrected chi connectivity index (χ0v) is 9.97. The van der Waals surface area contributed by atoms with Crippen LogP contribution in [-0.2, 0) is 0 Å². The summed E-state index contributed by atoms with van der Waals surface area (Å²) >= 11 is 3.44. The van der Waals surface area contributed by atoms with Gasteiger partial charge >= 0.3 is 6.03 Å². The fourth-order valence-corrected chi connectivity index (χ4v) is 2.26. The first-order chi connectivity index (χ1) is 7.09. The molecular weight excluding hydrogens is 258 g/mol. The Morgan fingerprint density at radius 2 is 2.27 bits per heavy atom. The molecule has 3 N–H and O–H groups in total. The summed E-state index contributed by atoms with van der Waals surface area (Å²) in [5.41, 5.74) is 8.36. The predicted molar refractivity (Wildman–Crippen MR) is 64.0 cm³/mol. The quantitative estimate of drug-likeness (QED) is 0.765. The molecule has 0 aromatic heterocycles. The fraction of sp³-hybridized carbons (Fsp3) is 0.300. The Kier molecular flexibility index (Phi) is 2.56. The number of nitrogens with one attached hydrogen (secondary N) is 1. The highest BCUT2D eigenvalue weighted by Gasteiger charge is 2.23. The number of carbonyl (C=O) groups excluding carboxylic acids is 1. The number of rotatable bonds is 1. The highest BCUT2D eigenvalue weighted by atomic mass is 79.9. The number of halogens is 1. The maximum Gasteiger partial charge on any atom is 0.322 e. The monoisotopic (exact) mass is 269 g/mol. The standard InChI is InChI=1S/C10H12BrN3O/c1-6-4-7(11)9(5-8(6)12)14-3-2-13-10(14)15/h4-5H,2-3,12H2,1H3,(H,13,15). The molecule has 4 nitrogen and oxygen atoms in total. The average molecular weight is 270 g/mol. The molecule has 2 rings (SSSR count). The molecule has 0 spiro atoms. The van der Waals surface area contributed by atoms with E-state index in [2.05, 4.69) is 21.2 Å². The van der Waals surface area contributed by atoms with Crippen LogP contribution in [0.1, 0.15) is 5.56 Å². The van der Waals surface area contributed by atoms with Crippen molar-refractivity contribution < 1.29 is 4.79 Å². The van der Waals surface area contributed by atoms with Crippen LogP contribution >= 0.6 is 15.9 Å². The molecule has 1 fully saturated rings. The van der Waals surface area contributed by atoms with Crippen LogP contribution in [0.25, 0.3) is 0 Å². The number of nitrogen functional groups attached to an aromatic ring is 1. The lowest BCUT2D eigenvalue weighted by Gasteiger charge is -2.17. The van der Waals surface area contributed by atoms with E-state index in [-0.39, 0.29) is 6.03 Å². The van der Waals surface area contributed by atoms with E-state index in [1.54, 1.807) is 4.90 Å². The minimum Gasteiger partial charge on any atom is -0.398 e. The van der Waals surface area contributed by atoms with E-state index in [9.17, 15) is 4.79 Å². The van der Waals surface area contributed by atoms with Crippen molar-refractivity contribution in [1.29, 1.82) is 0 Å². The summed E-state index contributed by atoms with van der Waals surface area (Å²) in [6, 6.07) is 3.68. The van der Waals surface area contributed by atoms with Gasteiger partial charge in [-0.15, -0.1) is 0 Å². The van der Waals surface area contributed by atoms with E-state index in [0.717, 1.165) is 15.7 Å². The van der Waals surface area contributed by atoms with E-state index < -0.39 is 0 Å². The molecule has 5 heteroatoms. The number of hydrogen-bond acceptors (Lipinski definition) is 2. The van der Waals surface area contributed by atoms with Gasteiger partial charge in [0.1, 0.15) is 0 Å². The summed E-state index contributed by atoms with van der Waals surface area (Å²) in [4.78, 5) is 13.2. The normalized spacial score (nSPS) is 15.6. The maximum atomic E-state index is 11.5. The summed E-state index contributed by atoms with van der Waals surface area (Å²) in [5.74, 6) is 0. The van der Waals surface area contributed by atoms with Gasteiger partial charge in [-0.3, -0.25) is 4.90 Å². The Labute approximate surface area is 96.6 Å². The van der Waals surface area contributed by atoms with Gasteiger partial charge in [-0.1, -0.05) is 0 Å². The predicted octanol–water partition coefficient (Wildman–Crippen LogP) is 1.87. The van der Waals surface area contributed by atoms with Gasteiger partial charge in [0.2, 0.25) is 0 Å². The van der Waals surface area contributed by atoms with Crippen molar-refractivity contribution in [3.63, 3.8) is 0 Å². The lowest BCUT2D eigenvalue weighted by atomic mass is 10.2. The van der Waals surface area contributed by atoms with Crippen LogP contribution in [0.4, 0.5) is 16.2 Å². The third-order valence-electron chi connectivity index (χ3n) is 2.48. The van der Waals surface area contributed by atoms with Gasteiger partial charge in [0, 0.05) is 23.2 Å². The zero-order chi connectivity index (χ0) is 11.0. The minimum absolute atomic E-state index is 0.0704. The molecule has 1 saturated heterocycles. The van der Waals surface area contributed by atoms with Crippen molar-refractivity contribution >= 4 is 33.3 Å². The van der Waals surface area contributed by atoms with Gasteiger partial charge in [-0.25, -0.2) is 4.79 Å². The number of aryl methyl sites for hydroxylation is 1. The van der Waals surface area contributed by atoms with Crippen LogP contribution in [0.5, 0.6) is 0 Å². The van der Waals surface area contributed by atoms with Gasteiger partial charge < -0.3 is 11.1 Å². The smallest absolute Gasteiger partial charge is 0.322 e. The van der Waals surface area contributed by atoms with Gasteiger partial charge in [0.15, 0.2) is 0 Å². The Balaban J connectivity index is 2.43. The van der Waals surface area contributed by atoms with Gasteiger partial charge in [-0.05, 0) is 40.5 Å². The van der Waals surface area contributed by atoms with Gasteiger partial charge in [0.25, 0.3) is 0 Å². The van der Waals surface area contributed by atoms with Gasteiger partial charge in [-0.2, -0.15) is 0 Å². The van der Waals surface area contributed by atoms with E-state index in [4.69, 9.17) is 5.73 Å². The highest BCUT2D eigenvalue weighted by Crippen LogP contribution is 2.31. The van der Waals surface area contributed by atoms with Crippen LogP contribution in [0, 0.1) is 6.92 Å². The fourth-order valence-electron chi connectivity index (χ4n) is 1.59. The lowest BCUT2D eigenvalue weighted by molar-refractivity contribution is 0.252. The van der Waals surface area contributed by atoms with Crippen molar-refractivity contribution in [2.75, 3.05) is 23.7 Å². The Hall–Kier alpha value is -1.23. The van der Waals surface area contributed by atoms with E-state index in [1.165, 1.54) is 0 Å². The van der Waals surface area contributed by atoms with Crippen molar-refractivity contribution in [3.8, 4) is 0 Å². The molecule has 0 unspecified atom stereocenters. The largest absolute Gasteiger partial charge is 0.398 e. The van der Waals surface area contributed by atoms with Crippen LogP contribution in [0.3, 0.4) is 0 Å². The molecule has 0 radical (unpaired) electrons. The summed E-state index contributed by atoms with van der Waals surface area (Å²) < 4.78 is 0.895. The third-order valence-corrected chi connectivity index (χ3v) is 3.12. The Bertz CT molecular complexity index is 419. The molecule has 15 heavy (non-hydrogen) atoms. The average Bonchev–Trinajstić information content (AvgIpc) is 2.58. The topological polar surface area (TPSA) is 58.4 Å². The van der Waals surface area contributed by atoms with Crippen molar-refractivity contribution in [2.45, 2.75) is 6.92 Å². The Morgan fingerprint density at radius 1 is 1.53 bits per heavy atom. The zero-order valence-electron chi connectivity index (χ0n) is 8.38. The molecule has 0 aliphatic carbocycles. The molecule has 1 heterocycles. The van der Waals surface area contributed by atoms with Crippen molar-refractivity contribution in [2.24, 2.45) is 0 Å². The van der Waals surface area contributed by atoms with Crippen LogP contribution in [0.15, 0.2) is 16.6 Å². The first-order valence-corrected chi connectivity index (χ1v) is 5.50. The summed E-state index contributed by atoms with van der Waals surface area (Å²) in [7, 11) is 0. The number of benzene rings is 1. The Morgan fingerprint density at radius 3 is 2.87 bits per heavy atom. The molecule has 1 aromatic carbocycles. The summed E-state index contributed by atoms with van der Waals surface area (Å²) in [5, 5.41) is 2.75. The lowest BCUT2D eigenvalue weighted by Crippen LogP contribution is -2.28. The second kappa shape index (κ2) is 3.73. The van der Waals surface area contributed by atoms with Crippen molar-refractivity contribution in [3.05, 3.63) is 22.2 Å². The number of anilines is 2. The second-order valence-corrected chi connectivity index (χ2v) is 4.40. The van der Waals surface area contributed by atoms with E-state index in [1.807, 2.05) is 19.1 Å². The second-order valence-electron chi connectivity index (χ2n) is 3.54. The third kappa shape index (κ3) is 1.79. The van der Waals surface area contributed by atoms with Crippen LogP contribution in [0.2, 0.25) is 0 Å². The molecule has 80 valence electrons. The molecule has 0 atom stereocenters. The first-order valence-electron chi connectivity index (χ1n) is 4.70. The number of amides is 2. The number of urea groups is 1.